The minimum absolute atomic E-state index is 0.208. The Kier molecular flexibility index (Phi) is 3.59. The molecule has 1 saturated heterocycles. The van der Waals surface area contributed by atoms with Gasteiger partial charge >= 0.3 is 5.63 Å². The maximum atomic E-state index is 12.0. The monoisotopic (exact) mass is 273 g/mol. The van der Waals surface area contributed by atoms with Crippen molar-refractivity contribution in [1.82, 2.24) is 4.90 Å². The quantitative estimate of drug-likeness (QED) is 0.925. The summed E-state index contributed by atoms with van der Waals surface area (Å²) in [5, 5.41) is 11.1. The van der Waals surface area contributed by atoms with Crippen molar-refractivity contribution in [3.8, 4) is 0 Å². The van der Waals surface area contributed by atoms with Crippen LogP contribution >= 0.6 is 0 Å². The fraction of sp³-hybridized carbons (Fsp3) is 0.438. The van der Waals surface area contributed by atoms with Crippen molar-refractivity contribution in [2.75, 3.05) is 19.6 Å². The summed E-state index contributed by atoms with van der Waals surface area (Å²) in [6, 6.07) is 7.65. The number of rotatable bonds is 3. The molecule has 1 fully saturated rings. The molecule has 1 atom stereocenters. The lowest BCUT2D eigenvalue weighted by Crippen LogP contribution is -2.24. The van der Waals surface area contributed by atoms with Crippen LogP contribution in [-0.4, -0.2) is 35.7 Å². The molecule has 2 heterocycles. The van der Waals surface area contributed by atoms with Crippen molar-refractivity contribution in [3.05, 3.63) is 46.0 Å². The van der Waals surface area contributed by atoms with E-state index in [0.29, 0.717) is 11.8 Å². The molecular formula is C16H19NO3. The highest BCUT2D eigenvalue weighted by molar-refractivity contribution is 5.84. The van der Waals surface area contributed by atoms with Gasteiger partial charge in [-0.3, -0.25) is 0 Å². The molecule has 1 aromatic carbocycles. The smallest absolute Gasteiger partial charge is 0.343 e. The lowest BCUT2D eigenvalue weighted by Gasteiger charge is -2.14. The summed E-state index contributed by atoms with van der Waals surface area (Å²) in [5.74, 6) is 0.721. The Balaban J connectivity index is 1.82. The van der Waals surface area contributed by atoms with Gasteiger partial charge in [0, 0.05) is 26.1 Å². The Morgan fingerprint density at radius 3 is 3.00 bits per heavy atom. The number of hydrogen-bond acceptors (Lipinski definition) is 4. The number of β-amino-alcohol motifs (C(OH)–C–C–N with tert-alkyl or cyclic N) is 1. The number of fused-ring (bicyclic) bond motifs is 1. The Morgan fingerprint density at radius 2 is 2.25 bits per heavy atom. The average molecular weight is 273 g/mol. The molecule has 3 rings (SSSR count). The number of benzene rings is 1. The highest BCUT2D eigenvalue weighted by Crippen LogP contribution is 2.17. The Bertz CT molecular complexity index is 677. The van der Waals surface area contributed by atoms with Gasteiger partial charge < -0.3 is 14.4 Å². The number of hydrogen-bond donors (Lipinski definition) is 1. The second-order valence-electron chi connectivity index (χ2n) is 5.53. The molecule has 0 saturated carbocycles. The van der Waals surface area contributed by atoms with E-state index < -0.39 is 0 Å². The van der Waals surface area contributed by atoms with Crippen LogP contribution in [0.5, 0.6) is 0 Å². The number of aliphatic hydroxyl groups is 1. The van der Waals surface area contributed by atoms with Crippen LogP contribution in [0.25, 0.3) is 10.8 Å². The number of nitrogens with zero attached hydrogens (tertiary/aromatic N) is 1. The van der Waals surface area contributed by atoms with Crippen molar-refractivity contribution < 1.29 is 9.52 Å². The predicted molar refractivity (Wildman–Crippen MR) is 78.0 cm³/mol. The molecular weight excluding hydrogens is 254 g/mol. The largest absolute Gasteiger partial charge is 0.427 e. The summed E-state index contributed by atoms with van der Waals surface area (Å²) in [5.41, 5.74) is 0.830. The average Bonchev–Trinajstić information content (AvgIpc) is 2.84. The zero-order chi connectivity index (χ0) is 14.1. The molecule has 0 radical (unpaired) electrons. The van der Waals surface area contributed by atoms with Crippen LogP contribution in [0.4, 0.5) is 0 Å². The van der Waals surface area contributed by atoms with Gasteiger partial charge in [-0.2, -0.15) is 0 Å². The molecule has 1 aliphatic rings. The normalized spacial score (nSPS) is 19.8. The maximum Gasteiger partial charge on any atom is 0.343 e. The van der Waals surface area contributed by atoms with E-state index in [4.69, 9.17) is 4.42 Å². The van der Waals surface area contributed by atoms with Gasteiger partial charge in [-0.05, 0) is 36.4 Å². The van der Waals surface area contributed by atoms with E-state index in [1.807, 2.05) is 25.1 Å². The van der Waals surface area contributed by atoms with E-state index in [0.717, 1.165) is 42.8 Å². The van der Waals surface area contributed by atoms with Crippen LogP contribution in [0.15, 0.2) is 33.5 Å². The summed E-state index contributed by atoms with van der Waals surface area (Å²) in [7, 11) is 0. The molecule has 2 aromatic rings. The van der Waals surface area contributed by atoms with Crippen molar-refractivity contribution in [1.29, 1.82) is 0 Å². The van der Waals surface area contributed by atoms with Gasteiger partial charge in [0.2, 0.25) is 0 Å². The fourth-order valence-electron chi connectivity index (χ4n) is 2.82. The van der Waals surface area contributed by atoms with E-state index in [2.05, 4.69) is 4.90 Å². The van der Waals surface area contributed by atoms with Crippen LogP contribution in [-0.2, 0) is 6.42 Å². The van der Waals surface area contributed by atoms with E-state index >= 15 is 0 Å². The number of aryl methyl sites for hydroxylation is 1. The fourth-order valence-corrected chi connectivity index (χ4v) is 2.82. The molecule has 106 valence electrons. The molecule has 1 aliphatic heterocycles. The first-order valence-electron chi connectivity index (χ1n) is 7.06. The summed E-state index contributed by atoms with van der Waals surface area (Å²) >= 11 is 0. The van der Waals surface area contributed by atoms with Crippen LogP contribution in [0, 0.1) is 6.92 Å². The second kappa shape index (κ2) is 5.38. The number of aliphatic hydroxyl groups excluding tert-OH is 1. The zero-order valence-corrected chi connectivity index (χ0v) is 11.6. The van der Waals surface area contributed by atoms with Crippen LogP contribution < -0.4 is 5.63 Å². The highest BCUT2D eigenvalue weighted by atomic mass is 16.4. The Morgan fingerprint density at radius 1 is 1.40 bits per heavy atom. The first-order chi connectivity index (χ1) is 9.63. The first kappa shape index (κ1) is 13.3. The van der Waals surface area contributed by atoms with Crippen LogP contribution in [0.3, 0.4) is 0 Å². The third kappa shape index (κ3) is 2.62. The van der Waals surface area contributed by atoms with Crippen LogP contribution in [0.1, 0.15) is 17.7 Å². The molecule has 0 amide bonds. The van der Waals surface area contributed by atoms with Crippen molar-refractivity contribution >= 4 is 10.8 Å². The third-order valence-corrected chi connectivity index (χ3v) is 4.00. The summed E-state index contributed by atoms with van der Waals surface area (Å²) in [6.45, 7) is 4.45. The molecule has 4 nitrogen and oxygen atoms in total. The standard InChI is InChI=1S/C16H19NO3/c1-11-3-2-4-14-15(11)9-13(20-16(14)19)6-8-17-7-5-12(18)10-17/h2-4,9,12,18H,5-8,10H2,1H3/t12-/m1/s1. The third-order valence-electron chi connectivity index (χ3n) is 4.00. The van der Waals surface area contributed by atoms with Gasteiger partial charge in [0.15, 0.2) is 0 Å². The molecule has 0 aliphatic carbocycles. The second-order valence-corrected chi connectivity index (χ2v) is 5.53. The predicted octanol–water partition coefficient (Wildman–Crippen LogP) is 1.71. The van der Waals surface area contributed by atoms with Crippen molar-refractivity contribution in [2.45, 2.75) is 25.9 Å². The topological polar surface area (TPSA) is 53.7 Å². The van der Waals surface area contributed by atoms with Gasteiger partial charge in [-0.15, -0.1) is 0 Å². The minimum Gasteiger partial charge on any atom is -0.427 e. The zero-order valence-electron chi connectivity index (χ0n) is 11.6. The molecule has 0 unspecified atom stereocenters. The highest BCUT2D eigenvalue weighted by Gasteiger charge is 2.19. The van der Waals surface area contributed by atoms with Crippen LogP contribution in [0.2, 0.25) is 0 Å². The molecule has 1 N–H and O–H groups in total. The molecule has 20 heavy (non-hydrogen) atoms. The summed E-state index contributed by atoms with van der Waals surface area (Å²) in [6.07, 6.45) is 1.33. The lowest BCUT2D eigenvalue weighted by atomic mass is 10.1. The van der Waals surface area contributed by atoms with Crippen molar-refractivity contribution in [2.24, 2.45) is 0 Å². The minimum atomic E-state index is -0.261. The molecule has 0 bridgehead atoms. The maximum absolute atomic E-state index is 12.0. The van der Waals surface area contributed by atoms with E-state index in [1.165, 1.54) is 0 Å². The molecule has 1 aromatic heterocycles. The van der Waals surface area contributed by atoms with E-state index in [9.17, 15) is 9.90 Å². The van der Waals surface area contributed by atoms with Gasteiger partial charge in [0.05, 0.1) is 11.5 Å². The van der Waals surface area contributed by atoms with Gasteiger partial charge in [0.25, 0.3) is 0 Å². The summed E-state index contributed by atoms with van der Waals surface area (Å²) in [4.78, 5) is 14.2. The van der Waals surface area contributed by atoms with Crippen molar-refractivity contribution in [3.63, 3.8) is 0 Å². The first-order valence-corrected chi connectivity index (χ1v) is 7.06. The molecule has 4 heteroatoms. The Labute approximate surface area is 117 Å². The van der Waals surface area contributed by atoms with E-state index in [1.54, 1.807) is 6.07 Å². The Hall–Kier alpha value is -1.65. The van der Waals surface area contributed by atoms with Gasteiger partial charge in [-0.25, -0.2) is 4.79 Å². The van der Waals surface area contributed by atoms with E-state index in [-0.39, 0.29) is 11.7 Å². The van der Waals surface area contributed by atoms with Gasteiger partial charge in [-0.1, -0.05) is 12.1 Å². The number of likely N-dealkylation sites (tertiary alicyclic amines) is 1. The molecule has 0 spiro atoms. The lowest BCUT2D eigenvalue weighted by molar-refractivity contribution is 0.176. The summed E-state index contributed by atoms with van der Waals surface area (Å²) < 4.78 is 5.39. The van der Waals surface area contributed by atoms with Gasteiger partial charge in [0.1, 0.15) is 5.76 Å². The SMILES string of the molecule is Cc1cccc2c(=O)oc(CCN3CC[C@@H](O)C3)cc12.